The van der Waals surface area contributed by atoms with E-state index in [9.17, 15) is 31.2 Å². The molecule has 0 aliphatic carbocycles. The number of benzene rings is 2. The van der Waals surface area contributed by atoms with Crippen LogP contribution < -0.4 is 10.6 Å². The highest BCUT2D eigenvalue weighted by Gasteiger charge is 2.38. The number of hydrogen-bond acceptors (Lipinski definition) is 7. The lowest BCUT2D eigenvalue weighted by atomic mass is 10.1. The van der Waals surface area contributed by atoms with E-state index in [0.717, 1.165) is 36.5 Å². The number of halogens is 3. The minimum Gasteiger partial charge on any atom is -0.475 e. The Hall–Kier alpha value is -3.98. The third kappa shape index (κ3) is 10.8. The van der Waals surface area contributed by atoms with Crippen molar-refractivity contribution in [3.63, 3.8) is 0 Å². The molecule has 0 bridgehead atoms. The molecule has 3 rings (SSSR count). The average Bonchev–Trinajstić information content (AvgIpc) is 3.47. The summed E-state index contributed by atoms with van der Waals surface area (Å²) in [5, 5.41) is 13.0. The molecule has 1 aliphatic heterocycles. The quantitative estimate of drug-likeness (QED) is 0.353. The number of alkyl halides is 3. The van der Waals surface area contributed by atoms with E-state index in [0.29, 0.717) is 18.7 Å². The highest BCUT2D eigenvalue weighted by atomic mass is 32.2. The van der Waals surface area contributed by atoms with Crippen molar-refractivity contribution in [2.45, 2.75) is 37.3 Å². The number of carboxylic acids is 1. The molecule has 230 valence electrons. The fourth-order valence-electron chi connectivity index (χ4n) is 3.70. The van der Waals surface area contributed by atoms with Crippen molar-refractivity contribution in [3.8, 4) is 0 Å². The van der Waals surface area contributed by atoms with Gasteiger partial charge in [-0.1, -0.05) is 24.3 Å². The molecule has 0 saturated carbocycles. The van der Waals surface area contributed by atoms with Crippen molar-refractivity contribution in [2.24, 2.45) is 4.99 Å². The van der Waals surface area contributed by atoms with Gasteiger partial charge in [-0.05, 0) is 42.7 Å². The van der Waals surface area contributed by atoms with Gasteiger partial charge in [0.15, 0.2) is 0 Å². The van der Waals surface area contributed by atoms with Crippen molar-refractivity contribution in [1.82, 2.24) is 14.5 Å². The van der Waals surface area contributed by atoms with Crippen molar-refractivity contribution < 1.29 is 41.1 Å². The van der Waals surface area contributed by atoms with Gasteiger partial charge in [0.05, 0.1) is 11.4 Å². The monoisotopic (exact) mass is 613 g/mol. The summed E-state index contributed by atoms with van der Waals surface area (Å²) in [5.74, 6) is -2.07. The number of aliphatic imine (C=N–C) groups is 1. The second kappa shape index (κ2) is 15.3. The molecule has 2 aromatic carbocycles. The van der Waals surface area contributed by atoms with E-state index < -0.39 is 22.2 Å². The van der Waals surface area contributed by atoms with Gasteiger partial charge in [-0.2, -0.15) is 13.2 Å². The summed E-state index contributed by atoms with van der Waals surface area (Å²) in [6, 6.07) is 14.2. The van der Waals surface area contributed by atoms with Gasteiger partial charge in [-0.15, -0.1) is 0 Å². The first-order valence-corrected chi connectivity index (χ1v) is 14.3. The van der Waals surface area contributed by atoms with E-state index in [1.807, 2.05) is 12.1 Å². The molecule has 0 unspecified atom stereocenters. The molecular weight excluding hydrogens is 579 g/mol. The van der Waals surface area contributed by atoms with E-state index in [-0.39, 0.29) is 29.7 Å². The van der Waals surface area contributed by atoms with Gasteiger partial charge < -0.3 is 20.6 Å². The number of sulfonamides is 1. The summed E-state index contributed by atoms with van der Waals surface area (Å²) in [7, 11) is -0.405. The lowest BCUT2D eigenvalue weighted by Crippen LogP contribution is -2.31. The maximum atomic E-state index is 12.8. The molecule has 1 aliphatic rings. The first-order chi connectivity index (χ1) is 19.6. The van der Waals surface area contributed by atoms with E-state index in [4.69, 9.17) is 9.90 Å². The van der Waals surface area contributed by atoms with Gasteiger partial charge in [0.25, 0.3) is 0 Å². The number of carboxylic acid groups (broad SMARTS) is 1. The normalized spacial score (nSPS) is 13.0. The fraction of sp³-hybridized carbons (Fsp3) is 0.407. The molecule has 0 fully saturated rings. The molecule has 11 nitrogen and oxygen atoms in total. The van der Waals surface area contributed by atoms with E-state index in [2.05, 4.69) is 27.8 Å². The highest BCUT2D eigenvalue weighted by molar-refractivity contribution is 7.89. The summed E-state index contributed by atoms with van der Waals surface area (Å²) in [6.45, 7) is 3.89. The van der Waals surface area contributed by atoms with Gasteiger partial charge in [-0.3, -0.25) is 14.6 Å². The molecule has 0 spiro atoms. The van der Waals surface area contributed by atoms with E-state index in [1.165, 1.54) is 30.4 Å². The zero-order valence-electron chi connectivity index (χ0n) is 23.4. The maximum absolute atomic E-state index is 12.8. The van der Waals surface area contributed by atoms with Crippen LogP contribution in [0, 0.1) is 0 Å². The smallest absolute Gasteiger partial charge is 0.475 e. The Morgan fingerprint density at radius 3 is 2.12 bits per heavy atom. The van der Waals surface area contributed by atoms with Crippen LogP contribution in [0.5, 0.6) is 0 Å². The Bertz CT molecular complexity index is 1360. The molecule has 2 aromatic rings. The largest absolute Gasteiger partial charge is 0.490 e. The van der Waals surface area contributed by atoms with Crippen LogP contribution in [0.15, 0.2) is 58.4 Å². The van der Waals surface area contributed by atoms with Gasteiger partial charge in [0.1, 0.15) is 5.84 Å². The topological polar surface area (TPSA) is 148 Å². The SMILES string of the molecule is CC(=O)Nc1ccc(S(=O)(=O)N(C)CCCC(=O)N(C)CCc2ccc(C3=NCCN3)cc2)cc1.O=C(O)C(F)(F)F. The Labute approximate surface area is 242 Å². The van der Waals surface area contributed by atoms with Crippen molar-refractivity contribution in [2.75, 3.05) is 45.6 Å². The summed E-state index contributed by atoms with van der Waals surface area (Å²) in [5.41, 5.74) is 2.74. The minimum atomic E-state index is -5.08. The van der Waals surface area contributed by atoms with Gasteiger partial charge in [0.2, 0.25) is 21.8 Å². The number of likely N-dealkylation sites (N-methyl/N-ethyl adjacent to an activating group) is 1. The second-order valence-electron chi connectivity index (χ2n) is 9.36. The van der Waals surface area contributed by atoms with E-state index in [1.54, 1.807) is 24.1 Å². The third-order valence-corrected chi connectivity index (χ3v) is 7.92. The lowest BCUT2D eigenvalue weighted by molar-refractivity contribution is -0.192. The van der Waals surface area contributed by atoms with Gasteiger partial charge in [-0.25, -0.2) is 17.5 Å². The van der Waals surface area contributed by atoms with Crippen molar-refractivity contribution in [1.29, 1.82) is 0 Å². The number of carbonyl (C=O) groups excluding carboxylic acids is 2. The number of nitrogens with zero attached hydrogens (tertiary/aromatic N) is 3. The average molecular weight is 614 g/mol. The lowest BCUT2D eigenvalue weighted by Gasteiger charge is -2.20. The number of aliphatic carboxylic acids is 1. The number of carbonyl (C=O) groups is 3. The van der Waals surface area contributed by atoms with Gasteiger partial charge in [0, 0.05) is 58.3 Å². The molecule has 0 aromatic heterocycles. The van der Waals surface area contributed by atoms with Crippen molar-refractivity contribution in [3.05, 3.63) is 59.7 Å². The Balaban J connectivity index is 0.000000782. The van der Waals surface area contributed by atoms with Crippen LogP contribution >= 0.6 is 0 Å². The molecule has 42 heavy (non-hydrogen) atoms. The number of anilines is 1. The summed E-state index contributed by atoms with van der Waals surface area (Å²) < 4.78 is 58.5. The molecule has 3 N–H and O–H groups in total. The van der Waals surface area contributed by atoms with Crippen LogP contribution in [0.2, 0.25) is 0 Å². The predicted molar refractivity (Wildman–Crippen MR) is 151 cm³/mol. The number of amides is 2. The molecule has 0 atom stereocenters. The zero-order valence-corrected chi connectivity index (χ0v) is 24.3. The number of nitrogens with one attached hydrogen (secondary N) is 2. The summed E-state index contributed by atoms with van der Waals surface area (Å²) in [4.78, 5) is 38.8. The van der Waals surface area contributed by atoms with Crippen LogP contribution in [-0.4, -0.2) is 92.8 Å². The van der Waals surface area contributed by atoms with Crippen LogP contribution in [0.1, 0.15) is 30.9 Å². The molecule has 0 radical (unpaired) electrons. The zero-order chi connectivity index (χ0) is 31.5. The summed E-state index contributed by atoms with van der Waals surface area (Å²) in [6.07, 6.45) is -3.65. The standard InChI is InChI=1S/C25H33N5O4S.C2HF3O2/c1-19(31)28-22-10-12-23(13-11-22)35(33,34)30(3)17-4-5-24(32)29(2)18-14-20-6-8-21(9-7-20)25-26-15-16-27-25;3-2(4,5)1(6)7/h6-13H,4-5,14-18H2,1-3H3,(H,26,27)(H,28,31);(H,6,7). The number of hydrogen-bond donors (Lipinski definition) is 3. The second-order valence-corrected chi connectivity index (χ2v) is 11.4. The van der Waals surface area contributed by atoms with Crippen molar-refractivity contribution >= 4 is 39.3 Å². The minimum absolute atomic E-state index is 0.0170. The van der Waals surface area contributed by atoms with Crippen LogP contribution in [0.3, 0.4) is 0 Å². The Kier molecular flexibility index (Phi) is 12.5. The van der Waals surface area contributed by atoms with Gasteiger partial charge >= 0.3 is 12.1 Å². The predicted octanol–water partition coefficient (Wildman–Crippen LogP) is 2.73. The highest BCUT2D eigenvalue weighted by Crippen LogP contribution is 2.18. The first kappa shape index (κ1) is 34.2. The van der Waals surface area contributed by atoms with Crippen LogP contribution in [-0.2, 0) is 30.8 Å². The molecule has 2 amide bonds. The third-order valence-electron chi connectivity index (χ3n) is 6.05. The fourth-order valence-corrected chi connectivity index (χ4v) is 4.91. The number of amidine groups is 1. The van der Waals surface area contributed by atoms with E-state index >= 15 is 0 Å². The molecular formula is C27H34F3N5O6S. The first-order valence-electron chi connectivity index (χ1n) is 12.9. The van der Waals surface area contributed by atoms with Crippen LogP contribution in [0.25, 0.3) is 0 Å². The number of rotatable bonds is 11. The summed E-state index contributed by atoms with van der Waals surface area (Å²) >= 11 is 0. The van der Waals surface area contributed by atoms with Crippen LogP contribution in [0.4, 0.5) is 18.9 Å². The molecule has 0 saturated heterocycles. The Morgan fingerprint density at radius 1 is 1.02 bits per heavy atom. The molecule has 1 heterocycles. The Morgan fingerprint density at radius 2 is 1.62 bits per heavy atom. The maximum Gasteiger partial charge on any atom is 0.490 e. The molecule has 15 heteroatoms.